The molecule has 0 aromatic carbocycles. The second-order valence-corrected chi connectivity index (χ2v) is 8.18. The molecule has 29 heavy (non-hydrogen) atoms. The minimum absolute atomic E-state index is 0.0309. The minimum atomic E-state index is -1.59. The number of nitrogens with one attached hydrogen (secondary N) is 2. The second kappa shape index (κ2) is 5.90. The summed E-state index contributed by atoms with van der Waals surface area (Å²) < 4.78 is 11.3. The lowest BCUT2D eigenvalue weighted by atomic mass is 9.67. The van der Waals surface area contributed by atoms with E-state index in [1.54, 1.807) is 13.8 Å². The third-order valence-corrected chi connectivity index (χ3v) is 6.29. The summed E-state index contributed by atoms with van der Waals surface area (Å²) in [4.78, 5) is 44.4. The van der Waals surface area contributed by atoms with E-state index in [-0.39, 0.29) is 12.5 Å². The number of aromatic nitrogens is 2. The first kappa shape index (κ1) is 18.3. The number of urea groups is 1. The van der Waals surface area contributed by atoms with Crippen LogP contribution in [0.3, 0.4) is 0 Å². The average molecular weight is 420 g/mol. The van der Waals surface area contributed by atoms with Crippen molar-refractivity contribution in [2.45, 2.75) is 45.4 Å². The number of pyridine rings is 1. The first-order valence-corrected chi connectivity index (χ1v) is 9.65. The molecule has 10 nitrogen and oxygen atoms in total. The fraction of sp³-hybridized carbons (Fsp3) is 0.500. The maximum absolute atomic E-state index is 13.1. The molecular formula is C18H18ClN5O5. The number of hydrogen-bond acceptors (Lipinski definition) is 8. The summed E-state index contributed by atoms with van der Waals surface area (Å²) in [6.07, 6.45) is -0.694. The number of carbonyl (C=O) groups excluding carboxylic acids is 3. The van der Waals surface area contributed by atoms with Gasteiger partial charge in [-0.25, -0.2) is 9.78 Å². The molecule has 2 aromatic rings. The summed E-state index contributed by atoms with van der Waals surface area (Å²) in [5.74, 6) is -1.34. The van der Waals surface area contributed by atoms with Crippen LogP contribution in [0, 0.1) is 12.3 Å². The molecule has 3 aliphatic heterocycles. The van der Waals surface area contributed by atoms with Crippen molar-refractivity contribution in [2.24, 2.45) is 5.41 Å². The van der Waals surface area contributed by atoms with Gasteiger partial charge in [0.05, 0.1) is 29.6 Å². The number of imide groups is 2. The number of aryl methyl sites for hydroxylation is 1. The molecule has 4 amide bonds. The predicted molar refractivity (Wildman–Crippen MR) is 101 cm³/mol. The van der Waals surface area contributed by atoms with Crippen molar-refractivity contribution in [3.63, 3.8) is 0 Å². The zero-order valence-corrected chi connectivity index (χ0v) is 16.7. The van der Waals surface area contributed by atoms with Crippen molar-refractivity contribution in [1.29, 1.82) is 0 Å². The molecule has 0 saturated carbocycles. The molecule has 5 heterocycles. The number of halogens is 1. The molecular weight excluding hydrogens is 402 g/mol. The Morgan fingerprint density at radius 3 is 2.59 bits per heavy atom. The molecule has 0 radical (unpaired) electrons. The van der Waals surface area contributed by atoms with Crippen LogP contribution < -0.4 is 15.5 Å². The van der Waals surface area contributed by atoms with Crippen molar-refractivity contribution in [3.8, 4) is 0 Å². The first-order chi connectivity index (χ1) is 13.7. The number of barbiturate groups is 1. The van der Waals surface area contributed by atoms with Crippen LogP contribution in [0.25, 0.3) is 11.1 Å². The average Bonchev–Trinajstić information content (AvgIpc) is 3.00. The summed E-state index contributed by atoms with van der Waals surface area (Å²) in [6.45, 7) is 5.82. The highest BCUT2D eigenvalue weighted by molar-refractivity contribution is 6.37. The van der Waals surface area contributed by atoms with E-state index in [2.05, 4.69) is 20.8 Å². The minimum Gasteiger partial charge on any atom is -0.372 e. The number of rotatable bonds is 0. The van der Waals surface area contributed by atoms with Gasteiger partial charge in [-0.1, -0.05) is 16.8 Å². The second-order valence-electron chi connectivity index (χ2n) is 7.80. The lowest BCUT2D eigenvalue weighted by molar-refractivity contribution is -0.153. The van der Waals surface area contributed by atoms with Gasteiger partial charge in [0.1, 0.15) is 16.2 Å². The maximum Gasteiger partial charge on any atom is 0.328 e. The Balaban J connectivity index is 1.79. The summed E-state index contributed by atoms with van der Waals surface area (Å²) in [5.41, 5.74) is 0.880. The lowest BCUT2D eigenvalue weighted by Crippen LogP contribution is -2.75. The standard InChI is InChI=1S/C18H18ClN5O5/c1-6-5-24-12-9(20-11-7(2)23-29-13(11)10(12)19)4-18(14(24)8(3)28-6)15(25)21-17(27)22-16(18)26/h6,8,14H,4-5H2,1-3H3,(H2,21,22,25,26,27). The van der Waals surface area contributed by atoms with E-state index in [9.17, 15) is 14.4 Å². The van der Waals surface area contributed by atoms with Crippen LogP contribution in [0.5, 0.6) is 0 Å². The molecule has 0 bridgehead atoms. The Morgan fingerprint density at radius 1 is 1.21 bits per heavy atom. The number of ether oxygens (including phenoxy) is 1. The van der Waals surface area contributed by atoms with Crippen LogP contribution in [0.15, 0.2) is 4.52 Å². The van der Waals surface area contributed by atoms with Gasteiger partial charge >= 0.3 is 6.03 Å². The maximum atomic E-state index is 13.1. The molecule has 0 aliphatic carbocycles. The van der Waals surface area contributed by atoms with Gasteiger partial charge < -0.3 is 14.2 Å². The van der Waals surface area contributed by atoms with Gasteiger partial charge in [0.15, 0.2) is 5.41 Å². The van der Waals surface area contributed by atoms with Gasteiger partial charge in [-0.2, -0.15) is 0 Å². The summed E-state index contributed by atoms with van der Waals surface area (Å²) >= 11 is 6.70. The Morgan fingerprint density at radius 2 is 1.90 bits per heavy atom. The van der Waals surface area contributed by atoms with Crippen molar-refractivity contribution < 1.29 is 23.6 Å². The molecule has 3 atom stereocenters. The van der Waals surface area contributed by atoms with Gasteiger partial charge in [-0.05, 0) is 20.8 Å². The number of anilines is 1. The number of hydrogen-bond donors (Lipinski definition) is 2. The largest absolute Gasteiger partial charge is 0.372 e. The van der Waals surface area contributed by atoms with Crippen molar-refractivity contribution >= 4 is 46.2 Å². The highest BCUT2D eigenvalue weighted by Gasteiger charge is 2.63. The first-order valence-electron chi connectivity index (χ1n) is 9.27. The summed E-state index contributed by atoms with van der Waals surface area (Å²) in [7, 11) is 0. The number of fused-ring (bicyclic) bond motifs is 5. The highest BCUT2D eigenvalue weighted by Crippen LogP contribution is 2.50. The Bertz CT molecular complexity index is 1080. The number of amides is 4. The van der Waals surface area contributed by atoms with Crippen LogP contribution >= 0.6 is 11.6 Å². The Kier molecular flexibility index (Phi) is 3.72. The number of nitrogens with zero attached hydrogens (tertiary/aromatic N) is 3. The van der Waals surface area contributed by atoms with E-state index < -0.39 is 35.4 Å². The van der Waals surface area contributed by atoms with Gasteiger partial charge in [-0.15, -0.1) is 0 Å². The van der Waals surface area contributed by atoms with Crippen molar-refractivity contribution in [3.05, 3.63) is 16.4 Å². The third kappa shape index (κ3) is 2.29. The van der Waals surface area contributed by atoms with E-state index in [0.29, 0.717) is 39.7 Å². The normalized spacial score (nSPS) is 28.2. The predicted octanol–water partition coefficient (Wildman–Crippen LogP) is 1.08. The van der Waals surface area contributed by atoms with Gasteiger partial charge in [0.25, 0.3) is 0 Å². The Labute approximate surface area is 169 Å². The molecule has 5 rings (SSSR count). The van der Waals surface area contributed by atoms with E-state index in [0.717, 1.165) is 0 Å². The van der Waals surface area contributed by atoms with Crippen LogP contribution in [0.2, 0.25) is 5.02 Å². The van der Waals surface area contributed by atoms with Gasteiger partial charge in [0, 0.05) is 13.0 Å². The monoisotopic (exact) mass is 419 g/mol. The molecule has 3 aliphatic rings. The summed E-state index contributed by atoms with van der Waals surface area (Å²) in [5, 5.41) is 8.75. The van der Waals surface area contributed by atoms with Gasteiger partial charge in [-0.3, -0.25) is 20.2 Å². The van der Waals surface area contributed by atoms with E-state index >= 15 is 0 Å². The molecule has 2 saturated heterocycles. The SMILES string of the molecule is Cc1noc2c(Cl)c3c(nc12)CC1(C(=O)NC(=O)NC1=O)C1C(C)OC(C)CN31. The number of carbonyl (C=O) groups is 3. The molecule has 1 spiro atoms. The highest BCUT2D eigenvalue weighted by atomic mass is 35.5. The molecule has 2 N–H and O–H groups in total. The van der Waals surface area contributed by atoms with E-state index in [1.807, 2.05) is 11.8 Å². The molecule has 2 fully saturated rings. The molecule has 3 unspecified atom stereocenters. The Hall–Kier alpha value is -2.72. The van der Waals surface area contributed by atoms with E-state index in [1.165, 1.54) is 0 Å². The zero-order chi connectivity index (χ0) is 20.7. The lowest BCUT2D eigenvalue weighted by Gasteiger charge is -2.55. The molecule has 152 valence electrons. The quantitative estimate of drug-likeness (QED) is 0.607. The van der Waals surface area contributed by atoms with Crippen LogP contribution in [-0.4, -0.2) is 52.8 Å². The van der Waals surface area contributed by atoms with E-state index in [4.69, 9.17) is 20.9 Å². The van der Waals surface area contributed by atoms with Crippen LogP contribution in [-0.2, 0) is 20.7 Å². The number of morpholine rings is 1. The molecule has 11 heteroatoms. The topological polar surface area (TPSA) is 127 Å². The van der Waals surface area contributed by atoms with Crippen molar-refractivity contribution in [1.82, 2.24) is 20.8 Å². The fourth-order valence-electron chi connectivity index (χ4n) is 4.86. The molecule has 2 aromatic heterocycles. The van der Waals surface area contributed by atoms with Crippen LogP contribution in [0.4, 0.5) is 10.5 Å². The fourth-order valence-corrected chi connectivity index (χ4v) is 5.21. The smallest absolute Gasteiger partial charge is 0.328 e. The third-order valence-electron chi connectivity index (χ3n) is 5.94. The zero-order valence-electron chi connectivity index (χ0n) is 15.9. The van der Waals surface area contributed by atoms with Gasteiger partial charge in [0.2, 0.25) is 17.4 Å². The van der Waals surface area contributed by atoms with Crippen LogP contribution in [0.1, 0.15) is 25.2 Å². The van der Waals surface area contributed by atoms with Crippen molar-refractivity contribution in [2.75, 3.05) is 11.4 Å². The summed E-state index contributed by atoms with van der Waals surface area (Å²) in [6, 6.07) is -1.52.